The van der Waals surface area contributed by atoms with E-state index in [1.54, 1.807) is 0 Å². The second-order valence-corrected chi connectivity index (χ2v) is 11.2. The summed E-state index contributed by atoms with van der Waals surface area (Å²) in [7, 11) is 0. The fourth-order valence-electron chi connectivity index (χ4n) is 6.65. The van der Waals surface area contributed by atoms with Gasteiger partial charge in [0.2, 0.25) is 5.89 Å². The van der Waals surface area contributed by atoms with Gasteiger partial charge in [0.05, 0.1) is 22.4 Å². The van der Waals surface area contributed by atoms with Gasteiger partial charge in [-0.1, -0.05) is 91.0 Å². The monoisotopic (exact) mass is 577 g/mol. The largest absolute Gasteiger partial charge is 0.435 e. The van der Waals surface area contributed by atoms with Crippen LogP contribution in [0.4, 0.5) is 17.1 Å². The highest BCUT2D eigenvalue weighted by molar-refractivity contribution is 6.18. The molecule has 4 heteroatoms. The fourth-order valence-corrected chi connectivity index (χ4v) is 6.65. The highest BCUT2D eigenvalue weighted by atomic mass is 16.3. The number of oxazole rings is 1. The zero-order valence-electron chi connectivity index (χ0n) is 24.3. The van der Waals surface area contributed by atoms with Gasteiger partial charge in [-0.2, -0.15) is 0 Å². The van der Waals surface area contributed by atoms with Gasteiger partial charge in [0.15, 0.2) is 5.58 Å². The third-order valence-corrected chi connectivity index (χ3v) is 8.60. The molecule has 0 spiro atoms. The van der Waals surface area contributed by atoms with Gasteiger partial charge in [-0.25, -0.2) is 4.98 Å². The van der Waals surface area contributed by atoms with Crippen molar-refractivity contribution in [3.63, 3.8) is 0 Å². The molecule has 0 aliphatic heterocycles. The smallest absolute Gasteiger partial charge is 0.227 e. The number of benzene rings is 7. The molecule has 45 heavy (non-hydrogen) atoms. The Morgan fingerprint density at radius 2 is 1.13 bits per heavy atom. The van der Waals surface area contributed by atoms with Crippen molar-refractivity contribution in [3.8, 4) is 17.1 Å². The number of para-hydroxylation sites is 3. The van der Waals surface area contributed by atoms with Crippen LogP contribution in [0.1, 0.15) is 0 Å². The summed E-state index contributed by atoms with van der Waals surface area (Å²) in [5, 5.41) is 4.52. The van der Waals surface area contributed by atoms with E-state index in [0.717, 1.165) is 55.7 Å². The van der Waals surface area contributed by atoms with Gasteiger partial charge in [0, 0.05) is 38.5 Å². The van der Waals surface area contributed by atoms with E-state index >= 15 is 0 Å². The summed E-state index contributed by atoms with van der Waals surface area (Å²) in [6.45, 7) is 0. The van der Waals surface area contributed by atoms with E-state index in [1.165, 1.54) is 16.3 Å². The molecule has 0 fully saturated rings. The molecular weight excluding hydrogens is 550 g/mol. The first-order chi connectivity index (χ1) is 22.3. The van der Waals surface area contributed by atoms with Crippen LogP contribution in [0, 0.1) is 0 Å². The Morgan fingerprint density at radius 1 is 0.489 bits per heavy atom. The van der Waals surface area contributed by atoms with Gasteiger partial charge < -0.3 is 13.9 Å². The molecule has 212 valence electrons. The predicted molar refractivity (Wildman–Crippen MR) is 186 cm³/mol. The molecule has 0 unspecified atom stereocenters. The van der Waals surface area contributed by atoms with Crippen LogP contribution in [-0.2, 0) is 0 Å². The average Bonchev–Trinajstić information content (AvgIpc) is 3.70. The van der Waals surface area contributed by atoms with Crippen LogP contribution in [0.3, 0.4) is 0 Å². The molecule has 0 aliphatic carbocycles. The first-order valence-electron chi connectivity index (χ1n) is 15.2. The zero-order valence-corrected chi connectivity index (χ0v) is 24.3. The van der Waals surface area contributed by atoms with Crippen molar-refractivity contribution < 1.29 is 4.42 Å². The molecule has 0 bridgehead atoms. The molecule has 4 nitrogen and oxygen atoms in total. The Labute approximate surface area is 260 Å². The number of hydrogen-bond donors (Lipinski definition) is 0. The van der Waals surface area contributed by atoms with Gasteiger partial charge in [-0.15, -0.1) is 0 Å². The van der Waals surface area contributed by atoms with E-state index < -0.39 is 0 Å². The molecule has 0 N–H and O–H groups in total. The van der Waals surface area contributed by atoms with Crippen LogP contribution in [0.15, 0.2) is 168 Å². The van der Waals surface area contributed by atoms with Crippen LogP contribution in [-0.4, -0.2) is 9.55 Å². The summed E-state index contributed by atoms with van der Waals surface area (Å²) in [5.74, 6) is 0.627. The SMILES string of the molecule is c1ccc(-c2nc3ccc4c(N(c5ccccc5)c5cccc6c5c5ccccc5n6-c5ccccc5)cccc4c3o2)cc1. The predicted octanol–water partition coefficient (Wildman–Crippen LogP) is 11.2. The van der Waals surface area contributed by atoms with Gasteiger partial charge >= 0.3 is 0 Å². The molecule has 2 aromatic heterocycles. The minimum Gasteiger partial charge on any atom is -0.435 e. The van der Waals surface area contributed by atoms with E-state index in [2.05, 4.69) is 143 Å². The summed E-state index contributed by atoms with van der Waals surface area (Å²) < 4.78 is 8.83. The van der Waals surface area contributed by atoms with Crippen molar-refractivity contribution in [3.05, 3.63) is 164 Å². The van der Waals surface area contributed by atoms with Crippen molar-refractivity contribution in [2.24, 2.45) is 0 Å². The Kier molecular flexibility index (Phi) is 5.78. The Morgan fingerprint density at radius 3 is 1.96 bits per heavy atom. The van der Waals surface area contributed by atoms with Crippen LogP contribution < -0.4 is 4.90 Å². The lowest BCUT2D eigenvalue weighted by molar-refractivity contribution is 0.623. The van der Waals surface area contributed by atoms with Crippen LogP contribution in [0.2, 0.25) is 0 Å². The maximum absolute atomic E-state index is 6.46. The normalized spacial score (nSPS) is 11.6. The number of rotatable bonds is 5. The van der Waals surface area contributed by atoms with Crippen molar-refractivity contribution in [1.29, 1.82) is 0 Å². The molecule has 2 heterocycles. The lowest BCUT2D eigenvalue weighted by atomic mass is 10.0. The molecule has 0 atom stereocenters. The van der Waals surface area contributed by atoms with Crippen molar-refractivity contribution in [1.82, 2.24) is 9.55 Å². The first kappa shape index (κ1) is 25.4. The Balaban J connectivity index is 1.34. The van der Waals surface area contributed by atoms with Gasteiger partial charge in [-0.05, 0) is 72.8 Å². The maximum atomic E-state index is 6.46. The number of aromatic nitrogens is 2. The van der Waals surface area contributed by atoms with E-state index in [1.807, 2.05) is 30.3 Å². The molecule has 0 saturated carbocycles. The summed E-state index contributed by atoms with van der Waals surface area (Å²) in [6, 6.07) is 57.3. The third kappa shape index (κ3) is 4.04. The Hall–Kier alpha value is -6.13. The topological polar surface area (TPSA) is 34.2 Å². The standard InChI is InChI=1S/C41H27N3O/c1-4-14-28(15-5-1)41-42-34-27-26-31-32(40(34)45-41)21-12-23-35(31)43(29-16-6-2-7-17-29)37-24-13-25-38-39(37)33-20-10-11-22-36(33)44(38)30-18-8-3-9-19-30/h1-27H. The highest BCUT2D eigenvalue weighted by Gasteiger charge is 2.23. The fraction of sp³-hybridized carbons (Fsp3) is 0. The van der Waals surface area contributed by atoms with Gasteiger partial charge in [0.1, 0.15) is 5.52 Å². The average molecular weight is 578 g/mol. The van der Waals surface area contributed by atoms with E-state index in [-0.39, 0.29) is 0 Å². The van der Waals surface area contributed by atoms with Crippen LogP contribution in [0.5, 0.6) is 0 Å². The second-order valence-electron chi connectivity index (χ2n) is 11.2. The number of anilines is 3. The molecule has 0 amide bonds. The molecule has 0 saturated heterocycles. The molecule has 0 aliphatic rings. The van der Waals surface area contributed by atoms with Gasteiger partial charge in [-0.3, -0.25) is 0 Å². The summed E-state index contributed by atoms with van der Waals surface area (Å²) >= 11 is 0. The maximum Gasteiger partial charge on any atom is 0.227 e. The molecular formula is C41H27N3O. The van der Waals surface area contributed by atoms with Crippen molar-refractivity contribution in [2.45, 2.75) is 0 Å². The zero-order chi connectivity index (χ0) is 29.7. The van der Waals surface area contributed by atoms with E-state index in [9.17, 15) is 0 Å². The van der Waals surface area contributed by atoms with Crippen LogP contribution >= 0.6 is 0 Å². The number of fused-ring (bicyclic) bond motifs is 6. The van der Waals surface area contributed by atoms with Gasteiger partial charge in [0.25, 0.3) is 0 Å². The minimum absolute atomic E-state index is 0.627. The molecule has 9 aromatic rings. The summed E-state index contributed by atoms with van der Waals surface area (Å²) in [5.41, 5.74) is 9.33. The first-order valence-corrected chi connectivity index (χ1v) is 15.2. The van der Waals surface area contributed by atoms with Crippen LogP contribution in [0.25, 0.3) is 60.8 Å². The summed E-state index contributed by atoms with van der Waals surface area (Å²) in [4.78, 5) is 7.23. The Bertz CT molecular complexity index is 2480. The summed E-state index contributed by atoms with van der Waals surface area (Å²) in [6.07, 6.45) is 0. The van der Waals surface area contributed by atoms with Crippen molar-refractivity contribution in [2.75, 3.05) is 4.90 Å². The van der Waals surface area contributed by atoms with Crippen molar-refractivity contribution >= 4 is 60.7 Å². The minimum atomic E-state index is 0.627. The molecule has 9 rings (SSSR count). The third-order valence-electron chi connectivity index (χ3n) is 8.60. The quantitative estimate of drug-likeness (QED) is 0.204. The molecule has 0 radical (unpaired) electrons. The number of nitrogens with zero attached hydrogens (tertiary/aromatic N) is 3. The molecule has 7 aromatic carbocycles. The lowest BCUT2D eigenvalue weighted by Crippen LogP contribution is -2.11. The second kappa shape index (κ2) is 10.2. The number of hydrogen-bond acceptors (Lipinski definition) is 3. The van der Waals surface area contributed by atoms with E-state index in [0.29, 0.717) is 5.89 Å². The van der Waals surface area contributed by atoms with E-state index in [4.69, 9.17) is 9.40 Å². The highest BCUT2D eigenvalue weighted by Crippen LogP contribution is 2.46. The lowest BCUT2D eigenvalue weighted by Gasteiger charge is -2.27.